The molecule has 5 heteroatoms. The van der Waals surface area contributed by atoms with Crippen molar-refractivity contribution in [3.05, 3.63) is 51.8 Å². The molecule has 3 aromatic rings. The molecule has 1 saturated heterocycles. The lowest BCUT2D eigenvalue weighted by atomic mass is 9.99. The van der Waals surface area contributed by atoms with Gasteiger partial charge in [0, 0.05) is 41.0 Å². The van der Waals surface area contributed by atoms with Crippen LogP contribution in [-0.2, 0) is 0 Å². The molecule has 1 atom stereocenters. The Morgan fingerprint density at radius 3 is 2.74 bits per heavy atom. The molecule has 1 aromatic carbocycles. The molecule has 2 aromatic heterocycles. The third-order valence-corrected chi connectivity index (χ3v) is 6.27. The topological polar surface area (TPSA) is 29.0 Å². The van der Waals surface area contributed by atoms with Crippen LogP contribution >= 0.6 is 22.7 Å². The van der Waals surface area contributed by atoms with E-state index in [9.17, 15) is 0 Å². The van der Waals surface area contributed by atoms with E-state index in [1.165, 1.54) is 23.4 Å². The van der Waals surface area contributed by atoms with E-state index in [0.29, 0.717) is 5.92 Å². The number of benzene rings is 1. The Morgan fingerprint density at radius 2 is 1.96 bits per heavy atom. The fourth-order valence-electron chi connectivity index (χ4n) is 3.06. The zero-order valence-corrected chi connectivity index (χ0v) is 14.7. The van der Waals surface area contributed by atoms with Gasteiger partial charge in [0.1, 0.15) is 0 Å². The molecule has 0 spiro atoms. The largest absolute Gasteiger partial charge is 0.347 e. The van der Waals surface area contributed by atoms with Crippen LogP contribution in [0.15, 0.2) is 41.1 Å². The average molecular weight is 342 g/mol. The van der Waals surface area contributed by atoms with Crippen molar-refractivity contribution in [2.75, 3.05) is 18.0 Å². The van der Waals surface area contributed by atoms with Crippen molar-refractivity contribution in [1.29, 1.82) is 0 Å². The Hall–Kier alpha value is -1.72. The van der Waals surface area contributed by atoms with Gasteiger partial charge in [-0.1, -0.05) is 30.3 Å². The first-order valence-corrected chi connectivity index (χ1v) is 9.73. The summed E-state index contributed by atoms with van der Waals surface area (Å²) in [6.07, 6.45) is 2.45. The molecule has 1 aliphatic rings. The van der Waals surface area contributed by atoms with Gasteiger partial charge in [-0.15, -0.1) is 22.7 Å². The lowest BCUT2D eigenvalue weighted by Gasteiger charge is -2.31. The minimum atomic E-state index is 0.548. The van der Waals surface area contributed by atoms with E-state index in [0.717, 1.165) is 29.6 Å². The first-order valence-electron chi connectivity index (χ1n) is 7.97. The van der Waals surface area contributed by atoms with Crippen LogP contribution < -0.4 is 4.90 Å². The smallest absolute Gasteiger partial charge is 0.185 e. The SMILES string of the molecule is Cc1csc(C2CCCN(c3nc(-c4ccccc4)cs3)C2)n1. The van der Waals surface area contributed by atoms with Crippen molar-refractivity contribution < 1.29 is 0 Å². The summed E-state index contributed by atoms with van der Waals surface area (Å²) in [4.78, 5) is 12.0. The highest BCUT2D eigenvalue weighted by atomic mass is 32.1. The molecular weight excluding hydrogens is 322 g/mol. The number of hydrogen-bond donors (Lipinski definition) is 0. The number of aromatic nitrogens is 2. The van der Waals surface area contributed by atoms with Crippen molar-refractivity contribution in [2.24, 2.45) is 0 Å². The molecule has 118 valence electrons. The zero-order chi connectivity index (χ0) is 15.6. The number of hydrogen-bond acceptors (Lipinski definition) is 5. The maximum Gasteiger partial charge on any atom is 0.185 e. The zero-order valence-electron chi connectivity index (χ0n) is 13.1. The third kappa shape index (κ3) is 3.16. The number of rotatable bonds is 3. The lowest BCUT2D eigenvalue weighted by molar-refractivity contribution is 0.507. The summed E-state index contributed by atoms with van der Waals surface area (Å²) in [5.74, 6) is 0.548. The van der Waals surface area contributed by atoms with Crippen LogP contribution in [0, 0.1) is 6.92 Å². The maximum atomic E-state index is 4.86. The summed E-state index contributed by atoms with van der Waals surface area (Å²) in [6, 6.07) is 10.4. The van der Waals surface area contributed by atoms with Gasteiger partial charge in [-0.2, -0.15) is 0 Å². The molecule has 0 radical (unpaired) electrons. The fraction of sp³-hybridized carbons (Fsp3) is 0.333. The fourth-order valence-corrected chi connectivity index (χ4v) is 4.86. The predicted octanol–water partition coefficient (Wildman–Crippen LogP) is 4.96. The normalized spacial score (nSPS) is 18.3. The van der Waals surface area contributed by atoms with Crippen LogP contribution in [0.5, 0.6) is 0 Å². The second-order valence-electron chi connectivity index (χ2n) is 5.99. The van der Waals surface area contributed by atoms with Crippen LogP contribution in [0.25, 0.3) is 11.3 Å². The van der Waals surface area contributed by atoms with Crippen LogP contribution in [0.3, 0.4) is 0 Å². The van der Waals surface area contributed by atoms with Gasteiger partial charge in [0.15, 0.2) is 5.13 Å². The minimum Gasteiger partial charge on any atom is -0.347 e. The van der Waals surface area contributed by atoms with E-state index in [4.69, 9.17) is 9.97 Å². The first-order chi connectivity index (χ1) is 11.3. The predicted molar refractivity (Wildman–Crippen MR) is 98.6 cm³/mol. The Labute approximate surface area is 144 Å². The molecule has 0 amide bonds. The summed E-state index contributed by atoms with van der Waals surface area (Å²) >= 11 is 3.55. The van der Waals surface area contributed by atoms with Crippen LogP contribution in [0.1, 0.15) is 29.5 Å². The van der Waals surface area contributed by atoms with Gasteiger partial charge in [0.2, 0.25) is 0 Å². The number of nitrogens with zero attached hydrogens (tertiary/aromatic N) is 3. The van der Waals surface area contributed by atoms with Crippen LogP contribution in [0.2, 0.25) is 0 Å². The summed E-state index contributed by atoms with van der Waals surface area (Å²) < 4.78 is 0. The summed E-state index contributed by atoms with van der Waals surface area (Å²) in [6.45, 7) is 4.21. The standard InChI is InChI=1S/C18H19N3S2/c1-13-11-22-17(19-13)15-8-5-9-21(10-15)18-20-16(12-23-18)14-6-3-2-4-7-14/h2-4,6-7,11-12,15H,5,8-10H2,1H3. The van der Waals surface area contributed by atoms with Crippen molar-refractivity contribution in [3.63, 3.8) is 0 Å². The van der Waals surface area contributed by atoms with E-state index in [1.54, 1.807) is 22.7 Å². The molecule has 0 aliphatic carbocycles. The number of thiazole rings is 2. The van der Waals surface area contributed by atoms with E-state index < -0.39 is 0 Å². The Balaban J connectivity index is 1.53. The van der Waals surface area contributed by atoms with Crippen LogP contribution in [-0.4, -0.2) is 23.1 Å². The molecule has 3 nitrogen and oxygen atoms in total. The molecule has 1 aliphatic heterocycles. The summed E-state index contributed by atoms with van der Waals surface area (Å²) in [7, 11) is 0. The van der Waals surface area contributed by atoms with Gasteiger partial charge >= 0.3 is 0 Å². The lowest BCUT2D eigenvalue weighted by Crippen LogP contribution is -2.34. The van der Waals surface area contributed by atoms with Crippen LogP contribution in [0.4, 0.5) is 5.13 Å². The summed E-state index contributed by atoms with van der Waals surface area (Å²) in [5.41, 5.74) is 3.42. The molecule has 0 saturated carbocycles. The van der Waals surface area contributed by atoms with Crippen molar-refractivity contribution in [1.82, 2.24) is 9.97 Å². The highest BCUT2D eigenvalue weighted by molar-refractivity contribution is 7.14. The molecule has 3 heterocycles. The molecule has 23 heavy (non-hydrogen) atoms. The van der Waals surface area contributed by atoms with Gasteiger partial charge in [0.25, 0.3) is 0 Å². The van der Waals surface area contributed by atoms with E-state index >= 15 is 0 Å². The third-order valence-electron chi connectivity index (χ3n) is 4.24. The van der Waals surface area contributed by atoms with E-state index in [-0.39, 0.29) is 0 Å². The number of piperidine rings is 1. The second kappa shape index (κ2) is 6.42. The highest BCUT2D eigenvalue weighted by Crippen LogP contribution is 2.34. The van der Waals surface area contributed by atoms with E-state index in [1.807, 2.05) is 6.07 Å². The van der Waals surface area contributed by atoms with Gasteiger partial charge in [-0.05, 0) is 19.8 Å². The Kier molecular flexibility index (Phi) is 4.14. The van der Waals surface area contributed by atoms with Gasteiger partial charge in [0.05, 0.1) is 10.7 Å². The van der Waals surface area contributed by atoms with E-state index in [2.05, 4.69) is 46.8 Å². The maximum absolute atomic E-state index is 4.86. The molecule has 4 rings (SSSR count). The Bertz CT molecular complexity index is 778. The first kappa shape index (κ1) is 14.8. The molecule has 1 unspecified atom stereocenters. The quantitative estimate of drug-likeness (QED) is 0.674. The summed E-state index contributed by atoms with van der Waals surface area (Å²) in [5, 5.41) is 6.75. The molecule has 1 fully saturated rings. The molecular formula is C18H19N3S2. The Morgan fingerprint density at radius 1 is 1.09 bits per heavy atom. The number of anilines is 1. The van der Waals surface area contributed by atoms with Crippen molar-refractivity contribution in [3.8, 4) is 11.3 Å². The van der Waals surface area contributed by atoms with Gasteiger partial charge in [-0.25, -0.2) is 9.97 Å². The van der Waals surface area contributed by atoms with Gasteiger partial charge < -0.3 is 4.90 Å². The van der Waals surface area contributed by atoms with Crippen molar-refractivity contribution in [2.45, 2.75) is 25.7 Å². The minimum absolute atomic E-state index is 0.548. The highest BCUT2D eigenvalue weighted by Gasteiger charge is 2.25. The molecule has 0 N–H and O–H groups in total. The van der Waals surface area contributed by atoms with Gasteiger partial charge in [-0.3, -0.25) is 0 Å². The molecule has 0 bridgehead atoms. The average Bonchev–Trinajstić information content (AvgIpc) is 3.25. The number of aryl methyl sites for hydroxylation is 1. The van der Waals surface area contributed by atoms with Crippen molar-refractivity contribution >= 4 is 27.8 Å². The second-order valence-corrected chi connectivity index (χ2v) is 7.72. The monoisotopic (exact) mass is 341 g/mol.